The van der Waals surface area contributed by atoms with Crippen LogP contribution in [0, 0.1) is 11.8 Å². The van der Waals surface area contributed by atoms with E-state index < -0.39 is 18.9 Å². The van der Waals surface area contributed by atoms with Crippen LogP contribution in [0.15, 0.2) is 18.3 Å². The van der Waals surface area contributed by atoms with Crippen molar-refractivity contribution in [3.63, 3.8) is 0 Å². The zero-order chi connectivity index (χ0) is 14.3. The van der Waals surface area contributed by atoms with Gasteiger partial charge in [0.15, 0.2) is 0 Å². The van der Waals surface area contributed by atoms with Crippen LogP contribution in [0.2, 0.25) is 0 Å². The van der Waals surface area contributed by atoms with Crippen molar-refractivity contribution in [2.45, 2.75) is 12.8 Å². The molecule has 0 saturated heterocycles. The number of amides is 1. The molecule has 1 N–H and O–H groups in total. The van der Waals surface area contributed by atoms with Crippen molar-refractivity contribution in [1.29, 1.82) is 0 Å². The van der Waals surface area contributed by atoms with Crippen LogP contribution in [0.4, 0.5) is 8.78 Å². The van der Waals surface area contributed by atoms with E-state index in [0.717, 1.165) is 4.90 Å². The molecule has 102 valence electrons. The summed E-state index contributed by atoms with van der Waals surface area (Å²) in [6.07, 6.45) is -0.816. The maximum atomic E-state index is 12.1. The molecular weight excluding hydrogens is 254 g/mol. The van der Waals surface area contributed by atoms with Crippen LogP contribution in [0.1, 0.15) is 22.5 Å². The Bertz CT molecular complexity index is 478. The van der Waals surface area contributed by atoms with Crippen LogP contribution in [0.3, 0.4) is 0 Å². The number of hydrogen-bond donors (Lipinski definition) is 1. The van der Waals surface area contributed by atoms with Crippen LogP contribution in [0.5, 0.6) is 0 Å². The van der Waals surface area contributed by atoms with Gasteiger partial charge in [-0.1, -0.05) is 11.8 Å². The first-order chi connectivity index (χ1) is 9.04. The van der Waals surface area contributed by atoms with Crippen molar-refractivity contribution in [1.82, 2.24) is 9.88 Å². The number of halogens is 2. The van der Waals surface area contributed by atoms with E-state index >= 15 is 0 Å². The molecule has 0 aliphatic carbocycles. The lowest BCUT2D eigenvalue weighted by molar-refractivity contribution is 0.0615. The molecule has 0 saturated carbocycles. The summed E-state index contributed by atoms with van der Waals surface area (Å²) in [7, 11) is 1.30. The second-order valence-electron chi connectivity index (χ2n) is 3.78. The van der Waals surface area contributed by atoms with E-state index in [0.29, 0.717) is 12.0 Å². The van der Waals surface area contributed by atoms with Gasteiger partial charge in [-0.2, -0.15) is 0 Å². The zero-order valence-corrected chi connectivity index (χ0v) is 10.4. The molecule has 6 heteroatoms. The summed E-state index contributed by atoms with van der Waals surface area (Å²) in [6.45, 7) is -0.645. The molecule has 1 aromatic rings. The van der Waals surface area contributed by atoms with Crippen LogP contribution in [-0.2, 0) is 0 Å². The lowest BCUT2D eigenvalue weighted by Gasteiger charge is -2.15. The number of hydrogen-bond acceptors (Lipinski definition) is 3. The Kier molecular flexibility index (Phi) is 5.90. The molecular formula is C13H14F2N2O2. The molecule has 0 spiro atoms. The van der Waals surface area contributed by atoms with Gasteiger partial charge in [-0.15, -0.1) is 0 Å². The molecule has 1 heterocycles. The summed E-state index contributed by atoms with van der Waals surface area (Å²) in [5.74, 6) is 4.91. The Morgan fingerprint density at radius 2 is 2.26 bits per heavy atom. The van der Waals surface area contributed by atoms with Gasteiger partial charge in [0, 0.05) is 25.2 Å². The number of aromatic nitrogens is 1. The van der Waals surface area contributed by atoms with E-state index in [-0.39, 0.29) is 12.3 Å². The molecule has 19 heavy (non-hydrogen) atoms. The number of alkyl halides is 2. The van der Waals surface area contributed by atoms with Gasteiger partial charge >= 0.3 is 0 Å². The van der Waals surface area contributed by atoms with Crippen LogP contribution >= 0.6 is 0 Å². The fourth-order valence-electron chi connectivity index (χ4n) is 1.30. The Morgan fingerprint density at radius 1 is 1.53 bits per heavy atom. The smallest absolute Gasteiger partial charge is 0.272 e. The highest BCUT2D eigenvalue weighted by molar-refractivity contribution is 5.92. The van der Waals surface area contributed by atoms with Crippen molar-refractivity contribution in [2.24, 2.45) is 0 Å². The third kappa shape index (κ3) is 5.02. The molecule has 0 aliphatic rings. The Labute approximate surface area is 110 Å². The first-order valence-corrected chi connectivity index (χ1v) is 5.64. The Morgan fingerprint density at radius 3 is 2.79 bits per heavy atom. The standard InChI is InChI=1S/C13H14F2N2O2/c1-17(9-12(14)15)13(19)11-6-5-10(8-16-11)4-2-3-7-18/h5-6,8,12,18H,3,7,9H2,1H3. The minimum Gasteiger partial charge on any atom is -0.395 e. The average molecular weight is 268 g/mol. The first kappa shape index (κ1) is 15.1. The van der Waals surface area contributed by atoms with Crippen molar-refractivity contribution in [2.75, 3.05) is 20.2 Å². The molecule has 0 bridgehead atoms. The average Bonchev–Trinajstić information content (AvgIpc) is 2.38. The van der Waals surface area contributed by atoms with Gasteiger partial charge in [0.1, 0.15) is 5.69 Å². The van der Waals surface area contributed by atoms with E-state index in [2.05, 4.69) is 16.8 Å². The zero-order valence-electron chi connectivity index (χ0n) is 10.4. The number of rotatable bonds is 4. The summed E-state index contributed by atoms with van der Waals surface area (Å²) in [6, 6.07) is 3.02. The molecule has 4 nitrogen and oxygen atoms in total. The summed E-state index contributed by atoms with van der Waals surface area (Å²) in [5, 5.41) is 8.56. The van der Waals surface area contributed by atoms with Crippen molar-refractivity contribution in [3.8, 4) is 11.8 Å². The summed E-state index contributed by atoms with van der Waals surface area (Å²) >= 11 is 0. The summed E-state index contributed by atoms with van der Waals surface area (Å²) in [4.78, 5) is 16.5. The lowest BCUT2D eigenvalue weighted by Crippen LogP contribution is -2.31. The number of aliphatic hydroxyl groups is 1. The highest BCUT2D eigenvalue weighted by Gasteiger charge is 2.16. The monoisotopic (exact) mass is 268 g/mol. The maximum absolute atomic E-state index is 12.1. The van der Waals surface area contributed by atoms with Gasteiger partial charge in [0.05, 0.1) is 13.2 Å². The van der Waals surface area contributed by atoms with Gasteiger partial charge in [-0.05, 0) is 12.1 Å². The molecule has 0 aliphatic heterocycles. The molecule has 0 radical (unpaired) electrons. The maximum Gasteiger partial charge on any atom is 0.272 e. The van der Waals surface area contributed by atoms with Crippen LogP contribution in [0.25, 0.3) is 0 Å². The number of carbonyl (C=O) groups is 1. The fourth-order valence-corrected chi connectivity index (χ4v) is 1.30. The number of nitrogens with zero attached hydrogens (tertiary/aromatic N) is 2. The molecule has 1 aromatic heterocycles. The fraction of sp³-hybridized carbons (Fsp3) is 0.385. The second kappa shape index (κ2) is 7.44. The third-order valence-corrected chi connectivity index (χ3v) is 2.21. The van der Waals surface area contributed by atoms with E-state index in [1.165, 1.54) is 19.3 Å². The topological polar surface area (TPSA) is 53.4 Å². The number of aliphatic hydroxyl groups excluding tert-OH is 1. The van der Waals surface area contributed by atoms with Crippen molar-refractivity contribution in [3.05, 3.63) is 29.6 Å². The van der Waals surface area contributed by atoms with Crippen molar-refractivity contribution >= 4 is 5.91 Å². The van der Waals surface area contributed by atoms with E-state index in [4.69, 9.17) is 5.11 Å². The Balaban J connectivity index is 2.71. The largest absolute Gasteiger partial charge is 0.395 e. The minimum atomic E-state index is -2.57. The predicted molar refractivity (Wildman–Crippen MR) is 65.8 cm³/mol. The molecule has 1 amide bonds. The lowest BCUT2D eigenvalue weighted by atomic mass is 10.2. The molecule has 0 atom stereocenters. The van der Waals surface area contributed by atoms with Crippen LogP contribution < -0.4 is 0 Å². The van der Waals surface area contributed by atoms with E-state index in [1.807, 2.05) is 0 Å². The van der Waals surface area contributed by atoms with E-state index in [1.54, 1.807) is 6.07 Å². The SMILES string of the molecule is CN(CC(F)F)C(=O)c1ccc(C#CCCO)cn1. The quantitative estimate of drug-likeness (QED) is 0.833. The van der Waals surface area contributed by atoms with Gasteiger partial charge in [0.2, 0.25) is 0 Å². The highest BCUT2D eigenvalue weighted by Crippen LogP contribution is 2.04. The summed E-state index contributed by atoms with van der Waals surface area (Å²) < 4.78 is 24.3. The third-order valence-electron chi connectivity index (χ3n) is 2.21. The highest BCUT2D eigenvalue weighted by atomic mass is 19.3. The normalized spacial score (nSPS) is 9.95. The predicted octanol–water partition coefficient (Wildman–Crippen LogP) is 1.15. The van der Waals surface area contributed by atoms with Gasteiger partial charge in [-0.3, -0.25) is 4.79 Å². The minimum absolute atomic E-state index is 0.0184. The summed E-state index contributed by atoms with van der Waals surface area (Å²) in [5.41, 5.74) is 0.692. The molecule has 0 aromatic carbocycles. The molecule has 0 unspecified atom stereocenters. The number of carbonyl (C=O) groups excluding carboxylic acids is 1. The first-order valence-electron chi connectivity index (χ1n) is 5.64. The Hall–Kier alpha value is -2.00. The van der Waals surface area contributed by atoms with Gasteiger partial charge in [-0.25, -0.2) is 13.8 Å². The van der Waals surface area contributed by atoms with Crippen molar-refractivity contribution < 1.29 is 18.7 Å². The van der Waals surface area contributed by atoms with Gasteiger partial charge in [0.25, 0.3) is 12.3 Å². The molecule has 1 rings (SSSR count). The molecule has 0 fully saturated rings. The second-order valence-corrected chi connectivity index (χ2v) is 3.78. The van der Waals surface area contributed by atoms with Gasteiger partial charge < -0.3 is 10.0 Å². The van der Waals surface area contributed by atoms with Crippen LogP contribution in [-0.4, -0.2) is 47.5 Å². The number of pyridine rings is 1. The van der Waals surface area contributed by atoms with E-state index in [9.17, 15) is 13.6 Å².